The number of benzene rings is 2. The summed E-state index contributed by atoms with van der Waals surface area (Å²) in [6, 6.07) is 15.1. The molecule has 8 nitrogen and oxygen atoms in total. The lowest BCUT2D eigenvalue weighted by molar-refractivity contribution is -0.128. The maximum Gasteiger partial charge on any atom is 0.256 e. The van der Waals surface area contributed by atoms with Crippen LogP contribution >= 0.6 is 11.6 Å². The molecule has 2 aromatic rings. The first-order chi connectivity index (χ1) is 17.5. The normalized spacial score (nSPS) is 23.1. The number of hydrogen-bond acceptors (Lipinski definition) is 5. The molecule has 3 amide bonds. The molecule has 2 atom stereocenters. The van der Waals surface area contributed by atoms with Crippen LogP contribution < -0.4 is 5.32 Å². The van der Waals surface area contributed by atoms with Gasteiger partial charge in [0, 0.05) is 55.2 Å². The number of amides is 3. The summed E-state index contributed by atoms with van der Waals surface area (Å²) in [5.41, 5.74) is 0.0651. The molecule has 0 saturated carbocycles. The molecule has 5 rings (SSSR count). The van der Waals surface area contributed by atoms with Crippen molar-refractivity contribution in [1.82, 2.24) is 15.1 Å². The zero-order valence-electron chi connectivity index (χ0n) is 20.0. The average molecular weight is 512 g/mol. The lowest BCUT2D eigenvalue weighted by Gasteiger charge is -2.44. The van der Waals surface area contributed by atoms with E-state index < -0.39 is 11.8 Å². The Kier molecular flexibility index (Phi) is 7.27. The molecule has 3 heterocycles. The summed E-state index contributed by atoms with van der Waals surface area (Å²) in [4.78, 5) is 43.4. The van der Waals surface area contributed by atoms with Crippen molar-refractivity contribution in [1.29, 1.82) is 0 Å². The zero-order chi connectivity index (χ0) is 25.1. The van der Waals surface area contributed by atoms with Crippen molar-refractivity contribution in [2.45, 2.75) is 43.6 Å². The molecule has 1 N–H and O–H groups in total. The number of hydrogen-bond donors (Lipinski definition) is 1. The van der Waals surface area contributed by atoms with E-state index in [0.29, 0.717) is 55.2 Å². The Morgan fingerprint density at radius 3 is 2.44 bits per heavy atom. The summed E-state index contributed by atoms with van der Waals surface area (Å²) in [6.45, 7) is 2.03. The van der Waals surface area contributed by atoms with Gasteiger partial charge >= 0.3 is 0 Å². The Morgan fingerprint density at radius 1 is 1.00 bits per heavy atom. The minimum absolute atomic E-state index is 0.00393. The molecule has 2 aromatic carbocycles. The van der Waals surface area contributed by atoms with Crippen LogP contribution in [0.25, 0.3) is 0 Å². The number of piperidine rings is 1. The van der Waals surface area contributed by atoms with Crippen molar-refractivity contribution in [2.75, 3.05) is 32.8 Å². The topological polar surface area (TPSA) is 88.2 Å². The van der Waals surface area contributed by atoms with E-state index in [2.05, 4.69) is 5.32 Å². The number of rotatable bonds is 5. The predicted octanol–water partition coefficient (Wildman–Crippen LogP) is 3.11. The first-order valence-corrected chi connectivity index (χ1v) is 12.8. The van der Waals surface area contributed by atoms with Gasteiger partial charge in [0.25, 0.3) is 11.8 Å². The second kappa shape index (κ2) is 10.6. The van der Waals surface area contributed by atoms with Crippen LogP contribution in [0.4, 0.5) is 0 Å². The number of ether oxygens (including phenoxy) is 2. The number of carbonyl (C=O) groups excluding carboxylic acids is 3. The molecule has 9 heteroatoms. The molecular formula is C27H30ClN3O5. The zero-order valence-corrected chi connectivity index (χ0v) is 20.8. The lowest BCUT2D eigenvalue weighted by atomic mass is 9.96. The smallest absolute Gasteiger partial charge is 0.256 e. The molecule has 3 aliphatic heterocycles. The third-order valence-electron chi connectivity index (χ3n) is 7.23. The highest BCUT2D eigenvalue weighted by atomic mass is 35.5. The van der Waals surface area contributed by atoms with Crippen LogP contribution in [-0.4, -0.2) is 78.2 Å². The van der Waals surface area contributed by atoms with Gasteiger partial charge in [-0.05, 0) is 43.2 Å². The molecule has 36 heavy (non-hydrogen) atoms. The Morgan fingerprint density at radius 2 is 1.75 bits per heavy atom. The molecule has 0 aromatic heterocycles. The van der Waals surface area contributed by atoms with E-state index in [1.54, 1.807) is 58.3 Å². The molecule has 0 radical (unpaired) electrons. The molecule has 0 bridgehead atoms. The van der Waals surface area contributed by atoms with Crippen molar-refractivity contribution in [2.24, 2.45) is 0 Å². The molecule has 0 aliphatic carbocycles. The standard InChI is InChI=1S/C27H30ClN3O5/c28-21-9-4-8-20(16-21)25(33)30-13-11-27(12-14-30)31(26(34)19-6-2-1-3-7-19)23(18-36-27)24(32)29-17-22-10-5-15-35-22/h1-4,6-9,16,22-23H,5,10-15,17-18H2,(H,29,32)/t22-,23-/m0/s1. The molecular weight excluding hydrogens is 482 g/mol. The Balaban J connectivity index is 1.33. The van der Waals surface area contributed by atoms with E-state index in [1.165, 1.54) is 0 Å². The third kappa shape index (κ3) is 4.98. The highest BCUT2D eigenvalue weighted by molar-refractivity contribution is 6.30. The fraction of sp³-hybridized carbons (Fsp3) is 0.444. The largest absolute Gasteiger partial charge is 0.376 e. The van der Waals surface area contributed by atoms with Gasteiger partial charge in [-0.25, -0.2) is 0 Å². The van der Waals surface area contributed by atoms with Gasteiger partial charge in [-0.3, -0.25) is 19.3 Å². The van der Waals surface area contributed by atoms with Crippen LogP contribution in [0.1, 0.15) is 46.4 Å². The van der Waals surface area contributed by atoms with Crippen LogP contribution in [-0.2, 0) is 14.3 Å². The molecule has 3 fully saturated rings. The van der Waals surface area contributed by atoms with Crippen molar-refractivity contribution in [3.8, 4) is 0 Å². The summed E-state index contributed by atoms with van der Waals surface area (Å²) >= 11 is 6.07. The molecule has 3 saturated heterocycles. The van der Waals surface area contributed by atoms with E-state index in [0.717, 1.165) is 12.8 Å². The van der Waals surface area contributed by atoms with Crippen LogP contribution in [0.15, 0.2) is 54.6 Å². The molecule has 3 aliphatic rings. The van der Waals surface area contributed by atoms with E-state index in [9.17, 15) is 14.4 Å². The average Bonchev–Trinajstić information content (AvgIpc) is 3.56. The first kappa shape index (κ1) is 24.7. The molecule has 190 valence electrons. The van der Waals surface area contributed by atoms with E-state index >= 15 is 0 Å². The van der Waals surface area contributed by atoms with Gasteiger partial charge in [0.15, 0.2) is 0 Å². The van der Waals surface area contributed by atoms with Gasteiger partial charge in [-0.1, -0.05) is 35.9 Å². The van der Waals surface area contributed by atoms with Crippen LogP contribution in [0.2, 0.25) is 5.02 Å². The SMILES string of the molecule is O=C(NC[C@@H]1CCCO1)[C@@H]1COC2(CCN(C(=O)c3cccc(Cl)c3)CC2)N1C(=O)c1ccccc1. The summed E-state index contributed by atoms with van der Waals surface area (Å²) in [6.07, 6.45) is 2.72. The quantitative estimate of drug-likeness (QED) is 0.666. The molecule has 0 unspecified atom stereocenters. The van der Waals surface area contributed by atoms with E-state index in [-0.39, 0.29) is 30.4 Å². The third-order valence-corrected chi connectivity index (χ3v) is 7.47. The number of halogens is 1. The maximum atomic E-state index is 13.7. The fourth-order valence-corrected chi connectivity index (χ4v) is 5.48. The predicted molar refractivity (Wildman–Crippen MR) is 134 cm³/mol. The van der Waals surface area contributed by atoms with E-state index in [1.807, 2.05) is 6.07 Å². The van der Waals surface area contributed by atoms with Crippen LogP contribution in [0.3, 0.4) is 0 Å². The number of likely N-dealkylation sites (tertiary alicyclic amines) is 1. The number of carbonyl (C=O) groups is 3. The summed E-state index contributed by atoms with van der Waals surface area (Å²) in [7, 11) is 0. The van der Waals surface area contributed by atoms with Crippen molar-refractivity contribution < 1.29 is 23.9 Å². The summed E-state index contributed by atoms with van der Waals surface area (Å²) in [5.74, 6) is -0.610. The maximum absolute atomic E-state index is 13.7. The number of nitrogens with one attached hydrogen (secondary N) is 1. The van der Waals surface area contributed by atoms with Crippen LogP contribution in [0.5, 0.6) is 0 Å². The summed E-state index contributed by atoms with van der Waals surface area (Å²) < 4.78 is 11.9. The first-order valence-electron chi connectivity index (χ1n) is 12.4. The monoisotopic (exact) mass is 511 g/mol. The highest BCUT2D eigenvalue weighted by Gasteiger charge is 2.54. The molecule has 1 spiro atoms. The van der Waals surface area contributed by atoms with Crippen molar-refractivity contribution in [3.63, 3.8) is 0 Å². The van der Waals surface area contributed by atoms with Gasteiger partial charge in [-0.15, -0.1) is 0 Å². The number of nitrogens with zero attached hydrogens (tertiary/aromatic N) is 2. The van der Waals surface area contributed by atoms with Crippen molar-refractivity contribution in [3.05, 3.63) is 70.7 Å². The second-order valence-electron chi connectivity index (χ2n) is 9.50. The Labute approximate surface area is 215 Å². The van der Waals surface area contributed by atoms with Gasteiger partial charge in [0.05, 0.1) is 12.7 Å². The van der Waals surface area contributed by atoms with Crippen molar-refractivity contribution >= 4 is 29.3 Å². The van der Waals surface area contributed by atoms with Gasteiger partial charge in [-0.2, -0.15) is 0 Å². The lowest BCUT2D eigenvalue weighted by Crippen LogP contribution is -2.60. The van der Waals surface area contributed by atoms with E-state index in [4.69, 9.17) is 21.1 Å². The van der Waals surface area contributed by atoms with Crippen LogP contribution in [0, 0.1) is 0 Å². The van der Waals surface area contributed by atoms with Gasteiger partial charge in [0.1, 0.15) is 11.8 Å². The van der Waals surface area contributed by atoms with Gasteiger partial charge in [0.2, 0.25) is 5.91 Å². The van der Waals surface area contributed by atoms with Gasteiger partial charge < -0.3 is 19.7 Å². The summed E-state index contributed by atoms with van der Waals surface area (Å²) in [5, 5.41) is 3.47. The second-order valence-corrected chi connectivity index (χ2v) is 9.93. The Bertz CT molecular complexity index is 1110. The highest BCUT2D eigenvalue weighted by Crippen LogP contribution is 2.39. The minimum atomic E-state index is -0.954. The Hall–Kier alpha value is -2.94. The fourth-order valence-electron chi connectivity index (χ4n) is 5.29. The minimum Gasteiger partial charge on any atom is -0.376 e.